The maximum absolute atomic E-state index is 12.3. The standard InChI is InChI=1S/C21H28N2O2/c1-3-15-13-23(21(24)16-5-6-16)9-8-19(15)22-12-18-11-17-10-14(2)4-7-20(17)25-18/h4,7,10-11,15-16,19,22H,3,5-6,8-9,12-13H2,1-2H3/t15-,19-/m0/s1. The summed E-state index contributed by atoms with van der Waals surface area (Å²) in [5.41, 5.74) is 2.21. The van der Waals surface area contributed by atoms with Crippen LogP contribution in [-0.2, 0) is 11.3 Å². The van der Waals surface area contributed by atoms with Crippen molar-refractivity contribution < 1.29 is 9.21 Å². The number of amides is 1. The van der Waals surface area contributed by atoms with Gasteiger partial charge in [-0.05, 0) is 50.3 Å². The normalized spacial score (nSPS) is 24.0. The lowest BCUT2D eigenvalue weighted by Gasteiger charge is -2.39. The molecule has 1 N–H and O–H groups in total. The number of likely N-dealkylation sites (tertiary alicyclic amines) is 1. The Kier molecular flexibility index (Phi) is 4.55. The minimum absolute atomic E-state index is 0.334. The van der Waals surface area contributed by atoms with Gasteiger partial charge in [0.05, 0.1) is 6.54 Å². The zero-order chi connectivity index (χ0) is 17.4. The summed E-state index contributed by atoms with van der Waals surface area (Å²) in [4.78, 5) is 14.4. The first-order chi connectivity index (χ1) is 12.1. The number of carbonyl (C=O) groups excluding carboxylic acids is 1. The van der Waals surface area contributed by atoms with Crippen molar-refractivity contribution in [2.45, 2.75) is 52.1 Å². The summed E-state index contributed by atoms with van der Waals surface area (Å²) in [6.07, 6.45) is 4.33. The van der Waals surface area contributed by atoms with Crippen LogP contribution < -0.4 is 5.32 Å². The molecule has 2 aliphatic rings. The van der Waals surface area contributed by atoms with Crippen molar-refractivity contribution in [3.05, 3.63) is 35.6 Å². The SMILES string of the molecule is CC[C@H]1CN(C(=O)C2CC2)CC[C@@H]1NCc1cc2cc(C)ccc2o1. The van der Waals surface area contributed by atoms with E-state index in [-0.39, 0.29) is 0 Å². The topological polar surface area (TPSA) is 45.5 Å². The summed E-state index contributed by atoms with van der Waals surface area (Å²) in [6, 6.07) is 8.90. The maximum atomic E-state index is 12.3. The fraction of sp³-hybridized carbons (Fsp3) is 0.571. The Balaban J connectivity index is 1.37. The molecule has 0 spiro atoms. The molecule has 0 unspecified atom stereocenters. The Hall–Kier alpha value is -1.81. The molecule has 2 aromatic rings. The molecule has 4 heteroatoms. The van der Waals surface area contributed by atoms with Crippen LogP contribution in [0.3, 0.4) is 0 Å². The highest BCUT2D eigenvalue weighted by atomic mass is 16.3. The number of nitrogens with zero attached hydrogens (tertiary/aromatic N) is 1. The van der Waals surface area contributed by atoms with Gasteiger partial charge in [-0.3, -0.25) is 4.79 Å². The summed E-state index contributed by atoms with van der Waals surface area (Å²) < 4.78 is 5.96. The fourth-order valence-electron chi connectivity index (χ4n) is 4.04. The molecule has 1 saturated heterocycles. The Labute approximate surface area is 149 Å². The van der Waals surface area contributed by atoms with Crippen molar-refractivity contribution in [3.8, 4) is 0 Å². The van der Waals surface area contributed by atoms with Crippen molar-refractivity contribution in [1.82, 2.24) is 10.2 Å². The van der Waals surface area contributed by atoms with Gasteiger partial charge in [0.2, 0.25) is 5.91 Å². The first-order valence-electron chi connectivity index (χ1n) is 9.65. The van der Waals surface area contributed by atoms with Crippen LogP contribution in [0.1, 0.15) is 43.9 Å². The molecule has 2 atom stereocenters. The number of hydrogen-bond acceptors (Lipinski definition) is 3. The van der Waals surface area contributed by atoms with Crippen molar-refractivity contribution in [2.24, 2.45) is 11.8 Å². The van der Waals surface area contributed by atoms with Crippen LogP contribution in [0.15, 0.2) is 28.7 Å². The number of rotatable bonds is 5. The number of benzene rings is 1. The number of piperidine rings is 1. The van der Waals surface area contributed by atoms with Gasteiger partial charge in [-0.2, -0.15) is 0 Å². The van der Waals surface area contributed by atoms with Gasteiger partial charge < -0.3 is 14.6 Å². The fourth-order valence-corrected chi connectivity index (χ4v) is 4.04. The van der Waals surface area contributed by atoms with E-state index in [0.29, 0.717) is 23.8 Å². The Morgan fingerprint density at radius 2 is 2.12 bits per heavy atom. The number of nitrogens with one attached hydrogen (secondary N) is 1. The second-order valence-corrected chi connectivity index (χ2v) is 7.76. The average Bonchev–Trinajstić information content (AvgIpc) is 3.39. The highest BCUT2D eigenvalue weighted by molar-refractivity contribution is 5.81. The molecule has 0 bridgehead atoms. The molecule has 1 aliphatic heterocycles. The molecule has 4 nitrogen and oxygen atoms in total. The number of aryl methyl sites for hydroxylation is 1. The van der Waals surface area contributed by atoms with Crippen LogP contribution in [-0.4, -0.2) is 29.9 Å². The zero-order valence-corrected chi connectivity index (χ0v) is 15.3. The molecule has 2 fully saturated rings. The lowest BCUT2D eigenvalue weighted by Crippen LogP contribution is -2.51. The summed E-state index contributed by atoms with van der Waals surface area (Å²) in [5, 5.41) is 4.86. The molecule has 1 aromatic carbocycles. The molecule has 2 heterocycles. The van der Waals surface area contributed by atoms with Crippen LogP contribution in [0.5, 0.6) is 0 Å². The predicted octanol–water partition coefficient (Wildman–Crippen LogP) is 3.87. The van der Waals surface area contributed by atoms with E-state index >= 15 is 0 Å². The van der Waals surface area contributed by atoms with E-state index in [2.05, 4.69) is 42.3 Å². The van der Waals surface area contributed by atoms with Crippen LogP contribution in [0, 0.1) is 18.8 Å². The highest BCUT2D eigenvalue weighted by Gasteiger charge is 2.37. The lowest BCUT2D eigenvalue weighted by molar-refractivity contribution is -0.134. The Bertz CT molecular complexity index is 762. The number of furan rings is 1. The van der Waals surface area contributed by atoms with Gasteiger partial charge in [0.15, 0.2) is 0 Å². The summed E-state index contributed by atoms with van der Waals surface area (Å²) >= 11 is 0. The second kappa shape index (κ2) is 6.83. The zero-order valence-electron chi connectivity index (χ0n) is 15.3. The summed E-state index contributed by atoms with van der Waals surface area (Å²) in [7, 11) is 0. The van der Waals surface area contributed by atoms with Gasteiger partial charge in [-0.1, -0.05) is 25.0 Å². The van der Waals surface area contributed by atoms with Crippen LogP contribution in [0.2, 0.25) is 0 Å². The van der Waals surface area contributed by atoms with Crippen molar-refractivity contribution >= 4 is 16.9 Å². The number of carbonyl (C=O) groups is 1. The van der Waals surface area contributed by atoms with Gasteiger partial charge in [-0.15, -0.1) is 0 Å². The molecule has 1 aromatic heterocycles. The minimum Gasteiger partial charge on any atom is -0.460 e. The van der Waals surface area contributed by atoms with E-state index in [1.807, 2.05) is 6.07 Å². The third-order valence-corrected chi connectivity index (χ3v) is 5.76. The Morgan fingerprint density at radius 1 is 1.28 bits per heavy atom. The van der Waals surface area contributed by atoms with E-state index in [9.17, 15) is 4.79 Å². The molecule has 134 valence electrons. The van der Waals surface area contributed by atoms with Crippen molar-refractivity contribution in [2.75, 3.05) is 13.1 Å². The molecule has 25 heavy (non-hydrogen) atoms. The molecular formula is C21H28N2O2. The van der Waals surface area contributed by atoms with E-state index < -0.39 is 0 Å². The molecular weight excluding hydrogens is 312 g/mol. The molecule has 1 amide bonds. The van der Waals surface area contributed by atoms with Gasteiger partial charge in [0.1, 0.15) is 11.3 Å². The maximum Gasteiger partial charge on any atom is 0.225 e. The van der Waals surface area contributed by atoms with Gasteiger partial charge >= 0.3 is 0 Å². The third kappa shape index (κ3) is 3.59. The molecule has 0 radical (unpaired) electrons. The van der Waals surface area contributed by atoms with Crippen LogP contribution >= 0.6 is 0 Å². The van der Waals surface area contributed by atoms with Gasteiger partial charge in [-0.25, -0.2) is 0 Å². The predicted molar refractivity (Wildman–Crippen MR) is 99.3 cm³/mol. The highest BCUT2D eigenvalue weighted by Crippen LogP contribution is 2.33. The lowest BCUT2D eigenvalue weighted by atomic mass is 9.89. The molecule has 1 saturated carbocycles. The monoisotopic (exact) mass is 340 g/mol. The van der Waals surface area contributed by atoms with Crippen molar-refractivity contribution in [1.29, 1.82) is 0 Å². The summed E-state index contributed by atoms with van der Waals surface area (Å²) in [6.45, 7) is 6.89. The first-order valence-corrected chi connectivity index (χ1v) is 9.65. The molecule has 4 rings (SSSR count). The van der Waals surface area contributed by atoms with Crippen LogP contribution in [0.25, 0.3) is 11.0 Å². The summed E-state index contributed by atoms with van der Waals surface area (Å²) in [5.74, 6) is 2.25. The first kappa shape index (κ1) is 16.6. The smallest absolute Gasteiger partial charge is 0.225 e. The average molecular weight is 340 g/mol. The number of hydrogen-bond donors (Lipinski definition) is 1. The van der Waals surface area contributed by atoms with Gasteiger partial charge in [0, 0.05) is 30.4 Å². The van der Waals surface area contributed by atoms with E-state index in [0.717, 1.165) is 56.7 Å². The number of fused-ring (bicyclic) bond motifs is 1. The van der Waals surface area contributed by atoms with E-state index in [1.54, 1.807) is 0 Å². The quantitative estimate of drug-likeness (QED) is 0.899. The van der Waals surface area contributed by atoms with E-state index in [1.165, 1.54) is 10.9 Å². The largest absolute Gasteiger partial charge is 0.460 e. The third-order valence-electron chi connectivity index (χ3n) is 5.76. The second-order valence-electron chi connectivity index (χ2n) is 7.76. The van der Waals surface area contributed by atoms with E-state index in [4.69, 9.17) is 4.42 Å². The van der Waals surface area contributed by atoms with Crippen molar-refractivity contribution in [3.63, 3.8) is 0 Å². The Morgan fingerprint density at radius 3 is 2.88 bits per heavy atom. The minimum atomic E-state index is 0.334. The molecule has 1 aliphatic carbocycles. The van der Waals surface area contributed by atoms with Gasteiger partial charge in [0.25, 0.3) is 0 Å². The van der Waals surface area contributed by atoms with Crippen LogP contribution in [0.4, 0.5) is 0 Å².